The van der Waals surface area contributed by atoms with Gasteiger partial charge in [0.1, 0.15) is 22.3 Å². The fourth-order valence-electron chi connectivity index (χ4n) is 3.50. The summed E-state index contributed by atoms with van der Waals surface area (Å²) in [6.45, 7) is 5.48. The van der Waals surface area contributed by atoms with E-state index < -0.39 is 10.0 Å². The van der Waals surface area contributed by atoms with E-state index in [0.29, 0.717) is 43.6 Å². The molecule has 10 heteroatoms. The molecule has 3 aromatic rings. The molecule has 0 radical (unpaired) electrons. The Morgan fingerprint density at radius 1 is 1.00 bits per heavy atom. The summed E-state index contributed by atoms with van der Waals surface area (Å²) in [4.78, 5) is 11.2. The minimum absolute atomic E-state index is 0.206. The Kier molecular flexibility index (Phi) is 5.44. The van der Waals surface area contributed by atoms with Crippen LogP contribution in [0, 0.1) is 13.8 Å². The summed E-state index contributed by atoms with van der Waals surface area (Å²) in [7, 11) is -2.17. The molecule has 30 heavy (non-hydrogen) atoms. The Morgan fingerprint density at radius 2 is 1.73 bits per heavy atom. The van der Waals surface area contributed by atoms with Crippen LogP contribution < -0.4 is 9.64 Å². The Labute approximate surface area is 176 Å². The standard InChI is InChI=1S/C20H24N6O3S/c1-15-5-6-17(29-3)18(13-15)30(27,28)25-11-9-24(10-12-25)19-14-20(23-16(2)22-19)26-8-4-7-21-26/h4-8,13-14H,9-12H2,1-3H3. The van der Waals surface area contributed by atoms with E-state index in [1.165, 1.54) is 11.4 Å². The Morgan fingerprint density at radius 3 is 2.40 bits per heavy atom. The summed E-state index contributed by atoms with van der Waals surface area (Å²) in [5, 5.41) is 4.22. The predicted octanol–water partition coefficient (Wildman–Crippen LogP) is 1.80. The lowest BCUT2D eigenvalue weighted by Gasteiger charge is -2.35. The van der Waals surface area contributed by atoms with Crippen molar-refractivity contribution in [3.05, 3.63) is 54.1 Å². The Hall–Kier alpha value is -2.98. The monoisotopic (exact) mass is 428 g/mol. The lowest BCUT2D eigenvalue weighted by Crippen LogP contribution is -2.49. The highest BCUT2D eigenvalue weighted by Gasteiger charge is 2.31. The topological polar surface area (TPSA) is 93.5 Å². The highest BCUT2D eigenvalue weighted by Crippen LogP contribution is 2.29. The molecule has 9 nitrogen and oxygen atoms in total. The van der Waals surface area contributed by atoms with Gasteiger partial charge in [-0.2, -0.15) is 9.40 Å². The van der Waals surface area contributed by atoms with Gasteiger partial charge in [-0.3, -0.25) is 0 Å². The maximum Gasteiger partial charge on any atom is 0.246 e. The van der Waals surface area contributed by atoms with Crippen LogP contribution in [-0.4, -0.2) is 65.8 Å². The molecular weight excluding hydrogens is 404 g/mol. The third kappa shape index (κ3) is 3.88. The van der Waals surface area contributed by atoms with Crippen molar-refractivity contribution < 1.29 is 13.2 Å². The highest BCUT2D eigenvalue weighted by molar-refractivity contribution is 7.89. The molecule has 2 aromatic heterocycles. The second kappa shape index (κ2) is 8.04. The summed E-state index contributed by atoms with van der Waals surface area (Å²) in [5.74, 6) is 2.44. The van der Waals surface area contributed by atoms with E-state index in [1.807, 2.05) is 38.2 Å². The average Bonchev–Trinajstić information content (AvgIpc) is 3.28. The van der Waals surface area contributed by atoms with Crippen LogP contribution >= 0.6 is 0 Å². The fourth-order valence-corrected chi connectivity index (χ4v) is 5.17. The van der Waals surface area contributed by atoms with Gasteiger partial charge in [0.15, 0.2) is 5.82 Å². The lowest BCUT2D eigenvalue weighted by atomic mass is 10.2. The van der Waals surface area contributed by atoms with E-state index in [4.69, 9.17) is 4.74 Å². The van der Waals surface area contributed by atoms with Crippen LogP contribution in [-0.2, 0) is 10.0 Å². The zero-order chi connectivity index (χ0) is 21.3. The van der Waals surface area contributed by atoms with Gasteiger partial charge in [0.2, 0.25) is 10.0 Å². The SMILES string of the molecule is COc1ccc(C)cc1S(=O)(=O)N1CCN(c2cc(-n3cccn3)nc(C)n2)CC1. The first kappa shape index (κ1) is 20.3. The van der Waals surface area contributed by atoms with Gasteiger partial charge in [-0.25, -0.2) is 23.1 Å². The molecule has 1 aliphatic heterocycles. The number of ether oxygens (including phenoxy) is 1. The number of anilines is 1. The molecule has 1 saturated heterocycles. The molecule has 1 aromatic carbocycles. The van der Waals surface area contributed by atoms with Gasteiger partial charge in [0.05, 0.1) is 7.11 Å². The summed E-state index contributed by atoms with van der Waals surface area (Å²) < 4.78 is 34.9. The number of benzene rings is 1. The maximum atomic E-state index is 13.2. The van der Waals surface area contributed by atoms with Crippen molar-refractivity contribution in [3.8, 4) is 11.6 Å². The summed E-state index contributed by atoms with van der Waals surface area (Å²) in [6, 6.07) is 8.89. The Balaban J connectivity index is 1.54. The number of aromatic nitrogens is 4. The van der Waals surface area contributed by atoms with Crippen molar-refractivity contribution in [2.45, 2.75) is 18.7 Å². The van der Waals surface area contributed by atoms with E-state index in [0.717, 1.165) is 11.4 Å². The number of hydrogen-bond donors (Lipinski definition) is 0. The largest absolute Gasteiger partial charge is 0.495 e. The fraction of sp³-hybridized carbons (Fsp3) is 0.350. The first-order valence-electron chi connectivity index (χ1n) is 9.64. The first-order valence-corrected chi connectivity index (χ1v) is 11.1. The van der Waals surface area contributed by atoms with Crippen LogP contribution in [0.4, 0.5) is 5.82 Å². The summed E-state index contributed by atoms with van der Waals surface area (Å²) in [6.07, 6.45) is 3.52. The van der Waals surface area contributed by atoms with Crippen molar-refractivity contribution >= 4 is 15.8 Å². The van der Waals surface area contributed by atoms with Crippen LogP contribution in [0.5, 0.6) is 5.75 Å². The van der Waals surface area contributed by atoms with Crippen molar-refractivity contribution in [2.24, 2.45) is 0 Å². The molecule has 4 rings (SSSR count). The lowest BCUT2D eigenvalue weighted by molar-refractivity contribution is 0.373. The van der Waals surface area contributed by atoms with Crippen molar-refractivity contribution in [3.63, 3.8) is 0 Å². The van der Waals surface area contributed by atoms with E-state index in [9.17, 15) is 8.42 Å². The number of methoxy groups -OCH3 is 1. The predicted molar refractivity (Wildman–Crippen MR) is 113 cm³/mol. The van der Waals surface area contributed by atoms with E-state index in [-0.39, 0.29) is 4.90 Å². The molecule has 3 heterocycles. The van der Waals surface area contributed by atoms with Crippen molar-refractivity contribution in [2.75, 3.05) is 38.2 Å². The van der Waals surface area contributed by atoms with Gasteiger partial charge >= 0.3 is 0 Å². The van der Waals surface area contributed by atoms with Gasteiger partial charge in [-0.1, -0.05) is 6.07 Å². The normalized spacial score (nSPS) is 15.4. The molecule has 0 N–H and O–H groups in total. The molecule has 0 bridgehead atoms. The number of hydrogen-bond acceptors (Lipinski definition) is 7. The molecule has 1 fully saturated rings. The van der Waals surface area contributed by atoms with Crippen LogP contribution in [0.15, 0.2) is 47.6 Å². The molecular formula is C20H24N6O3S. The second-order valence-corrected chi connectivity index (χ2v) is 9.03. The van der Waals surface area contributed by atoms with E-state index >= 15 is 0 Å². The van der Waals surface area contributed by atoms with Crippen LogP contribution in [0.3, 0.4) is 0 Å². The molecule has 0 aliphatic carbocycles. The molecule has 0 saturated carbocycles. The van der Waals surface area contributed by atoms with Gasteiger partial charge in [-0.15, -0.1) is 0 Å². The molecule has 0 unspecified atom stereocenters. The average molecular weight is 429 g/mol. The van der Waals surface area contributed by atoms with Crippen LogP contribution in [0.2, 0.25) is 0 Å². The summed E-state index contributed by atoms with van der Waals surface area (Å²) in [5.41, 5.74) is 0.871. The van der Waals surface area contributed by atoms with Gasteiger partial charge in [-0.05, 0) is 37.6 Å². The zero-order valence-electron chi connectivity index (χ0n) is 17.2. The Bertz CT molecular complexity index is 1140. The molecule has 1 aliphatic rings. The van der Waals surface area contributed by atoms with E-state index in [1.54, 1.807) is 23.0 Å². The number of sulfonamides is 1. The minimum atomic E-state index is -3.65. The molecule has 0 atom stereocenters. The summed E-state index contributed by atoms with van der Waals surface area (Å²) >= 11 is 0. The van der Waals surface area contributed by atoms with Gasteiger partial charge < -0.3 is 9.64 Å². The third-order valence-corrected chi connectivity index (χ3v) is 6.97. The highest BCUT2D eigenvalue weighted by atomic mass is 32.2. The number of piperazine rings is 1. The van der Waals surface area contributed by atoms with Crippen LogP contribution in [0.1, 0.15) is 11.4 Å². The molecule has 0 amide bonds. The van der Waals surface area contributed by atoms with Crippen molar-refractivity contribution in [1.29, 1.82) is 0 Å². The third-order valence-electron chi connectivity index (χ3n) is 5.05. The molecule has 158 valence electrons. The quantitative estimate of drug-likeness (QED) is 0.612. The minimum Gasteiger partial charge on any atom is -0.495 e. The molecule has 0 spiro atoms. The van der Waals surface area contributed by atoms with Gasteiger partial charge in [0, 0.05) is 44.6 Å². The smallest absolute Gasteiger partial charge is 0.246 e. The zero-order valence-corrected chi connectivity index (χ0v) is 18.0. The second-order valence-electron chi connectivity index (χ2n) is 7.13. The van der Waals surface area contributed by atoms with Crippen LogP contribution in [0.25, 0.3) is 5.82 Å². The number of aryl methyl sites for hydroxylation is 2. The van der Waals surface area contributed by atoms with Gasteiger partial charge in [0.25, 0.3) is 0 Å². The first-order chi connectivity index (χ1) is 14.4. The van der Waals surface area contributed by atoms with Crippen molar-refractivity contribution in [1.82, 2.24) is 24.1 Å². The maximum absolute atomic E-state index is 13.2. The van der Waals surface area contributed by atoms with E-state index in [2.05, 4.69) is 20.0 Å². The number of rotatable bonds is 5. The number of nitrogens with zero attached hydrogens (tertiary/aromatic N) is 6.